The fourth-order valence-corrected chi connectivity index (χ4v) is 2.32. The Bertz CT molecular complexity index is 555. The van der Waals surface area contributed by atoms with Crippen LogP contribution in [0.25, 0.3) is 5.65 Å². The largest absolute Gasteiger partial charge is 0.389 e. The number of hydrogen-bond acceptors (Lipinski definition) is 3. The minimum atomic E-state index is -0.455. The molecule has 17 heavy (non-hydrogen) atoms. The van der Waals surface area contributed by atoms with Gasteiger partial charge >= 0.3 is 0 Å². The Morgan fingerprint density at radius 3 is 2.88 bits per heavy atom. The summed E-state index contributed by atoms with van der Waals surface area (Å²) in [5.41, 5.74) is 2.83. The van der Waals surface area contributed by atoms with Gasteiger partial charge in [0.2, 0.25) is 0 Å². The maximum atomic E-state index is 9.67. The fraction of sp³-hybridized carbons (Fsp3) is 0.538. The molecule has 2 heterocycles. The average molecular weight is 231 g/mol. The molecule has 1 aliphatic rings. The summed E-state index contributed by atoms with van der Waals surface area (Å²) in [6.07, 6.45) is 5.18. The van der Waals surface area contributed by atoms with Crippen molar-refractivity contribution in [3.05, 3.63) is 29.2 Å². The van der Waals surface area contributed by atoms with Gasteiger partial charge in [-0.05, 0) is 49.8 Å². The summed E-state index contributed by atoms with van der Waals surface area (Å²) in [6.45, 7) is 3.77. The van der Waals surface area contributed by atoms with Crippen LogP contribution in [0.1, 0.15) is 42.8 Å². The van der Waals surface area contributed by atoms with Gasteiger partial charge in [0, 0.05) is 12.6 Å². The van der Waals surface area contributed by atoms with E-state index in [9.17, 15) is 5.11 Å². The summed E-state index contributed by atoms with van der Waals surface area (Å²) < 4.78 is 2.06. The Hall–Kier alpha value is -1.42. The third-order valence-corrected chi connectivity index (χ3v) is 3.56. The molecule has 2 aromatic heterocycles. The molecule has 0 saturated heterocycles. The number of fused-ring (bicyclic) bond motifs is 1. The van der Waals surface area contributed by atoms with Crippen LogP contribution in [-0.4, -0.2) is 19.7 Å². The van der Waals surface area contributed by atoms with Crippen molar-refractivity contribution in [3.8, 4) is 0 Å². The van der Waals surface area contributed by atoms with Crippen molar-refractivity contribution in [2.24, 2.45) is 5.92 Å². The molecule has 0 aromatic carbocycles. The topological polar surface area (TPSA) is 50.4 Å². The molecule has 1 fully saturated rings. The van der Waals surface area contributed by atoms with Gasteiger partial charge in [-0.2, -0.15) is 0 Å². The molecule has 0 aliphatic heterocycles. The van der Waals surface area contributed by atoms with Crippen LogP contribution < -0.4 is 0 Å². The van der Waals surface area contributed by atoms with Gasteiger partial charge in [0.05, 0.1) is 6.10 Å². The van der Waals surface area contributed by atoms with E-state index < -0.39 is 6.10 Å². The van der Waals surface area contributed by atoms with Gasteiger partial charge in [-0.3, -0.25) is 4.40 Å². The van der Waals surface area contributed by atoms with Crippen molar-refractivity contribution in [1.82, 2.24) is 14.6 Å². The lowest BCUT2D eigenvalue weighted by molar-refractivity contribution is 0.198. The molecule has 0 amide bonds. The quantitative estimate of drug-likeness (QED) is 0.879. The molecule has 1 atom stereocenters. The highest BCUT2D eigenvalue weighted by Crippen LogP contribution is 2.32. The monoisotopic (exact) mass is 231 g/mol. The molecular formula is C13H17N3O. The first-order chi connectivity index (χ1) is 8.16. The highest BCUT2D eigenvalue weighted by atomic mass is 16.3. The Labute approximate surface area is 100 Å². The lowest BCUT2D eigenvalue weighted by Gasteiger charge is -2.09. The van der Waals surface area contributed by atoms with E-state index in [1.165, 1.54) is 12.8 Å². The molecule has 2 aromatic rings. The van der Waals surface area contributed by atoms with E-state index in [2.05, 4.69) is 14.6 Å². The SMILES string of the molecule is Cc1c(C(C)O)ccn2c(CC3CC3)nnc12. The average Bonchev–Trinajstić information content (AvgIpc) is 2.99. The maximum absolute atomic E-state index is 9.67. The first-order valence-corrected chi connectivity index (χ1v) is 6.18. The Morgan fingerprint density at radius 1 is 1.47 bits per heavy atom. The Kier molecular flexibility index (Phi) is 2.40. The van der Waals surface area contributed by atoms with Crippen molar-refractivity contribution in [1.29, 1.82) is 0 Å². The maximum Gasteiger partial charge on any atom is 0.164 e. The number of nitrogens with zero attached hydrogens (tertiary/aromatic N) is 3. The molecule has 0 radical (unpaired) electrons. The molecule has 1 unspecified atom stereocenters. The van der Waals surface area contributed by atoms with Crippen LogP contribution in [0.2, 0.25) is 0 Å². The second kappa shape index (κ2) is 3.81. The highest BCUT2D eigenvalue weighted by molar-refractivity contribution is 5.51. The molecule has 3 rings (SSSR count). The van der Waals surface area contributed by atoms with Crippen LogP contribution in [-0.2, 0) is 6.42 Å². The van der Waals surface area contributed by atoms with E-state index >= 15 is 0 Å². The molecular weight excluding hydrogens is 214 g/mol. The van der Waals surface area contributed by atoms with Gasteiger partial charge in [-0.25, -0.2) is 0 Å². The van der Waals surface area contributed by atoms with E-state index in [4.69, 9.17) is 0 Å². The van der Waals surface area contributed by atoms with Crippen molar-refractivity contribution < 1.29 is 5.11 Å². The Morgan fingerprint density at radius 2 is 2.24 bits per heavy atom. The lowest BCUT2D eigenvalue weighted by Crippen LogP contribution is -2.01. The molecule has 4 nitrogen and oxygen atoms in total. The molecule has 0 spiro atoms. The number of pyridine rings is 1. The van der Waals surface area contributed by atoms with Gasteiger partial charge in [-0.1, -0.05) is 0 Å². The summed E-state index contributed by atoms with van der Waals surface area (Å²) >= 11 is 0. The molecule has 1 saturated carbocycles. The standard InChI is InChI=1S/C13H17N3O/c1-8-11(9(2)17)5-6-16-12(7-10-3-4-10)14-15-13(8)16/h5-6,9-10,17H,3-4,7H2,1-2H3. The summed E-state index contributed by atoms with van der Waals surface area (Å²) in [4.78, 5) is 0. The van der Waals surface area contributed by atoms with Crippen molar-refractivity contribution >= 4 is 5.65 Å². The predicted octanol–water partition coefficient (Wildman–Crippen LogP) is 2.04. The smallest absolute Gasteiger partial charge is 0.164 e. The van der Waals surface area contributed by atoms with E-state index in [-0.39, 0.29) is 0 Å². The van der Waals surface area contributed by atoms with Crippen LogP contribution in [0.3, 0.4) is 0 Å². The molecule has 90 valence electrons. The van der Waals surface area contributed by atoms with E-state index in [1.807, 2.05) is 19.2 Å². The zero-order chi connectivity index (χ0) is 12.0. The predicted molar refractivity (Wildman–Crippen MR) is 64.8 cm³/mol. The number of aromatic nitrogens is 3. The van der Waals surface area contributed by atoms with Crippen LogP contribution in [0.15, 0.2) is 12.3 Å². The normalized spacial score (nSPS) is 17.6. The third kappa shape index (κ3) is 1.82. The molecule has 1 aliphatic carbocycles. The fourth-order valence-electron chi connectivity index (χ4n) is 2.32. The number of aliphatic hydroxyl groups is 1. The van der Waals surface area contributed by atoms with Gasteiger partial charge in [0.1, 0.15) is 5.82 Å². The van der Waals surface area contributed by atoms with E-state index in [0.717, 1.165) is 34.9 Å². The zero-order valence-corrected chi connectivity index (χ0v) is 10.2. The number of hydrogen-bond donors (Lipinski definition) is 1. The zero-order valence-electron chi connectivity index (χ0n) is 10.2. The lowest BCUT2D eigenvalue weighted by atomic mass is 10.1. The second-order valence-electron chi connectivity index (χ2n) is 5.03. The summed E-state index contributed by atoms with van der Waals surface area (Å²) in [5, 5.41) is 18.2. The van der Waals surface area contributed by atoms with Crippen LogP contribution in [0, 0.1) is 12.8 Å². The summed E-state index contributed by atoms with van der Waals surface area (Å²) in [6, 6.07) is 1.97. The van der Waals surface area contributed by atoms with Crippen molar-refractivity contribution in [2.45, 2.75) is 39.2 Å². The van der Waals surface area contributed by atoms with Crippen molar-refractivity contribution in [2.75, 3.05) is 0 Å². The van der Waals surface area contributed by atoms with Gasteiger partial charge < -0.3 is 5.11 Å². The number of rotatable bonds is 3. The second-order valence-corrected chi connectivity index (χ2v) is 5.03. The first-order valence-electron chi connectivity index (χ1n) is 6.18. The molecule has 0 bridgehead atoms. The van der Waals surface area contributed by atoms with Gasteiger partial charge in [0.25, 0.3) is 0 Å². The molecule has 4 heteroatoms. The van der Waals surface area contributed by atoms with E-state index in [0.29, 0.717) is 0 Å². The highest BCUT2D eigenvalue weighted by Gasteiger charge is 2.24. The van der Waals surface area contributed by atoms with Gasteiger partial charge in [0.15, 0.2) is 5.65 Å². The van der Waals surface area contributed by atoms with Crippen LogP contribution in [0.4, 0.5) is 0 Å². The Balaban J connectivity index is 2.08. The molecule has 1 N–H and O–H groups in total. The van der Waals surface area contributed by atoms with Crippen LogP contribution >= 0.6 is 0 Å². The summed E-state index contributed by atoms with van der Waals surface area (Å²) in [7, 11) is 0. The number of aliphatic hydroxyl groups excluding tert-OH is 1. The van der Waals surface area contributed by atoms with Gasteiger partial charge in [-0.15, -0.1) is 10.2 Å². The third-order valence-electron chi connectivity index (χ3n) is 3.56. The number of aryl methyl sites for hydroxylation is 1. The van der Waals surface area contributed by atoms with E-state index in [1.54, 1.807) is 6.92 Å². The van der Waals surface area contributed by atoms with Crippen molar-refractivity contribution in [3.63, 3.8) is 0 Å². The van der Waals surface area contributed by atoms with Crippen LogP contribution in [0.5, 0.6) is 0 Å². The first kappa shape index (κ1) is 10.7. The minimum absolute atomic E-state index is 0.455. The summed E-state index contributed by atoms with van der Waals surface area (Å²) in [5.74, 6) is 1.85. The minimum Gasteiger partial charge on any atom is -0.389 e.